The maximum atomic E-state index is 13.8. The van der Waals surface area contributed by atoms with Crippen LogP contribution in [-0.2, 0) is 15.0 Å². The maximum Gasteiger partial charge on any atom is 0.335 e. The number of hydrogen-bond acceptors (Lipinski definition) is 4. The Balaban J connectivity index is 1.20. The first-order valence-electron chi connectivity index (χ1n) is 15.8. The summed E-state index contributed by atoms with van der Waals surface area (Å²) in [4.78, 5) is 43.1. The third-order valence-corrected chi connectivity index (χ3v) is 11.0. The molecule has 1 N–H and O–H groups in total. The molecule has 4 aliphatic carbocycles. The van der Waals surface area contributed by atoms with Crippen molar-refractivity contribution in [2.24, 2.45) is 17.8 Å². The van der Waals surface area contributed by atoms with Gasteiger partial charge in [-0.05, 0) is 136 Å². The predicted octanol–water partition coefficient (Wildman–Crippen LogP) is 7.89. The molecule has 0 aromatic heterocycles. The predicted molar refractivity (Wildman–Crippen MR) is 172 cm³/mol. The number of imide groups is 2. The zero-order chi connectivity index (χ0) is 30.3. The van der Waals surface area contributed by atoms with Gasteiger partial charge in [0, 0.05) is 22.8 Å². The number of carbonyl (C=O) groups excluding carboxylic acids is 3. The molecule has 43 heavy (non-hydrogen) atoms. The zero-order valence-electron chi connectivity index (χ0n) is 25.5. The van der Waals surface area contributed by atoms with Crippen LogP contribution in [-0.4, -0.2) is 29.9 Å². The molecule has 0 spiro atoms. The molecule has 4 amide bonds. The minimum Gasteiger partial charge on any atom is -0.362 e. The van der Waals surface area contributed by atoms with Gasteiger partial charge in [0.1, 0.15) is 5.57 Å². The minimum atomic E-state index is -0.734. The van der Waals surface area contributed by atoms with Crippen LogP contribution < -0.4 is 15.1 Å². The van der Waals surface area contributed by atoms with Crippen molar-refractivity contribution in [3.05, 3.63) is 69.8 Å². The molecule has 2 aromatic rings. The highest BCUT2D eigenvalue weighted by atomic mass is 35.5. The molecule has 0 radical (unpaired) electrons. The van der Waals surface area contributed by atoms with Crippen molar-refractivity contribution in [2.75, 3.05) is 16.3 Å². The summed E-state index contributed by atoms with van der Waals surface area (Å²) in [6, 6.07) is 11.1. The fourth-order valence-electron chi connectivity index (χ4n) is 9.33. The van der Waals surface area contributed by atoms with Crippen molar-refractivity contribution >= 4 is 52.5 Å². The van der Waals surface area contributed by atoms with Gasteiger partial charge in [0.2, 0.25) is 0 Å². The topological polar surface area (TPSA) is 69.7 Å². The smallest absolute Gasteiger partial charge is 0.335 e. The molecular weight excluding hydrogens is 558 g/mol. The van der Waals surface area contributed by atoms with E-state index in [4.69, 9.17) is 11.6 Å². The molecule has 2 heterocycles. The number of rotatable bonds is 5. The number of nitrogens with zero attached hydrogens (tertiary/aromatic N) is 2. The standard InChI is InChI=1S/C36H40ClN3O3/c1-5-10-39-31-16-30(37)25(14-28(31)21(2)17-35(39,3)4)15-29-32(41)38-34(43)40(33(29)42)27-8-6-26(7-9-27)36-18-22-11-23(19-36)13-24(12-22)20-36/h6-9,14-17,22-24H,5,10-13,18-20H2,1-4H3,(H,38,41,43)/b29-15-. The number of urea groups is 1. The first-order valence-corrected chi connectivity index (χ1v) is 16.2. The van der Waals surface area contributed by atoms with Gasteiger partial charge in [-0.1, -0.05) is 36.7 Å². The van der Waals surface area contributed by atoms with E-state index in [1.807, 2.05) is 24.3 Å². The van der Waals surface area contributed by atoms with Crippen molar-refractivity contribution in [3.63, 3.8) is 0 Å². The molecule has 5 fully saturated rings. The highest BCUT2D eigenvalue weighted by Gasteiger charge is 2.51. The number of hydrogen-bond donors (Lipinski definition) is 1. The van der Waals surface area contributed by atoms with Crippen LogP contribution in [0.1, 0.15) is 89.3 Å². The normalized spacial score (nSPS) is 30.1. The van der Waals surface area contributed by atoms with E-state index in [2.05, 4.69) is 56.1 Å². The summed E-state index contributed by atoms with van der Waals surface area (Å²) < 4.78 is 0. The Morgan fingerprint density at radius 2 is 1.60 bits per heavy atom. The number of anilines is 2. The van der Waals surface area contributed by atoms with E-state index in [1.54, 1.807) is 0 Å². The van der Waals surface area contributed by atoms with Gasteiger partial charge in [0.15, 0.2) is 0 Å². The van der Waals surface area contributed by atoms with Gasteiger partial charge in [-0.25, -0.2) is 9.69 Å². The van der Waals surface area contributed by atoms with Crippen molar-refractivity contribution in [2.45, 2.75) is 83.6 Å². The molecule has 2 aliphatic heterocycles. The number of fused-ring (bicyclic) bond motifs is 1. The Hall–Kier alpha value is -3.38. The Labute approximate surface area is 259 Å². The van der Waals surface area contributed by atoms with E-state index in [1.165, 1.54) is 50.2 Å². The summed E-state index contributed by atoms with van der Waals surface area (Å²) in [6.45, 7) is 9.47. The number of nitrogens with one attached hydrogen (secondary N) is 1. The third kappa shape index (κ3) is 4.64. The van der Waals surface area contributed by atoms with Crippen LogP contribution in [0.2, 0.25) is 5.02 Å². The minimum absolute atomic E-state index is 0.116. The Kier molecular flexibility index (Phi) is 6.66. The SMILES string of the molecule is CCCN1c2cc(Cl)c(/C=C3/C(=O)NC(=O)N(c4ccc(C56CC7CC(CC(C7)C5)C6)cc4)C3=O)cc2C(C)=CC1(C)C. The zero-order valence-corrected chi connectivity index (χ0v) is 26.3. The van der Waals surface area contributed by atoms with E-state index in [-0.39, 0.29) is 16.5 Å². The van der Waals surface area contributed by atoms with E-state index in [9.17, 15) is 14.4 Å². The molecule has 2 aromatic carbocycles. The molecule has 4 saturated carbocycles. The first-order chi connectivity index (χ1) is 20.5. The Morgan fingerprint density at radius 1 is 0.977 bits per heavy atom. The first kappa shape index (κ1) is 28.4. The Morgan fingerprint density at radius 3 is 2.21 bits per heavy atom. The van der Waals surface area contributed by atoms with Crippen LogP contribution >= 0.6 is 11.6 Å². The monoisotopic (exact) mass is 597 g/mol. The highest BCUT2D eigenvalue weighted by Crippen LogP contribution is 2.60. The van der Waals surface area contributed by atoms with Crippen LogP contribution in [0.15, 0.2) is 48.0 Å². The molecule has 0 atom stereocenters. The van der Waals surface area contributed by atoms with Gasteiger partial charge >= 0.3 is 6.03 Å². The summed E-state index contributed by atoms with van der Waals surface area (Å²) >= 11 is 6.80. The van der Waals surface area contributed by atoms with E-state index in [0.717, 1.165) is 52.4 Å². The molecule has 7 heteroatoms. The largest absolute Gasteiger partial charge is 0.362 e. The summed E-state index contributed by atoms with van der Waals surface area (Å²) in [7, 11) is 0. The number of amides is 4. The molecule has 0 unspecified atom stereocenters. The van der Waals surface area contributed by atoms with Crippen molar-refractivity contribution in [1.29, 1.82) is 0 Å². The van der Waals surface area contributed by atoms with Gasteiger partial charge in [-0.15, -0.1) is 0 Å². The fourth-order valence-corrected chi connectivity index (χ4v) is 9.55. The van der Waals surface area contributed by atoms with E-state index in [0.29, 0.717) is 16.3 Å². The quantitative estimate of drug-likeness (QED) is 0.281. The molecule has 6 aliphatic rings. The van der Waals surface area contributed by atoms with Gasteiger partial charge in [-0.2, -0.15) is 0 Å². The molecular formula is C36H40ClN3O3. The Bertz CT molecular complexity index is 1570. The van der Waals surface area contributed by atoms with Crippen molar-refractivity contribution in [1.82, 2.24) is 5.32 Å². The second kappa shape index (κ2) is 10.1. The summed E-state index contributed by atoms with van der Waals surface area (Å²) in [5.41, 5.74) is 5.44. The van der Waals surface area contributed by atoms with Gasteiger partial charge in [-0.3, -0.25) is 14.9 Å². The summed E-state index contributed by atoms with van der Waals surface area (Å²) in [5.74, 6) is 1.12. The van der Waals surface area contributed by atoms with Gasteiger partial charge in [0.25, 0.3) is 11.8 Å². The molecule has 4 bridgehead atoms. The maximum absolute atomic E-state index is 13.8. The summed E-state index contributed by atoms with van der Waals surface area (Å²) in [5, 5.41) is 2.82. The average molecular weight is 598 g/mol. The van der Waals surface area contributed by atoms with Crippen LogP contribution in [0, 0.1) is 17.8 Å². The van der Waals surface area contributed by atoms with E-state index >= 15 is 0 Å². The second-order valence-electron chi connectivity index (χ2n) is 14.2. The lowest BCUT2D eigenvalue weighted by atomic mass is 9.48. The number of carbonyl (C=O) groups is 3. The molecule has 6 nitrogen and oxygen atoms in total. The summed E-state index contributed by atoms with van der Waals surface area (Å²) in [6.07, 6.45) is 12.6. The number of barbiturate groups is 1. The van der Waals surface area contributed by atoms with Gasteiger partial charge < -0.3 is 4.90 Å². The average Bonchev–Trinajstić information content (AvgIpc) is 2.93. The van der Waals surface area contributed by atoms with Crippen LogP contribution in [0.25, 0.3) is 11.6 Å². The lowest BCUT2D eigenvalue weighted by Crippen LogP contribution is -2.54. The lowest BCUT2D eigenvalue weighted by Gasteiger charge is -2.57. The third-order valence-electron chi connectivity index (χ3n) is 10.7. The van der Waals surface area contributed by atoms with Crippen molar-refractivity contribution < 1.29 is 14.4 Å². The molecule has 1 saturated heterocycles. The van der Waals surface area contributed by atoms with Gasteiger partial charge in [0.05, 0.1) is 11.2 Å². The number of benzene rings is 2. The van der Waals surface area contributed by atoms with Crippen LogP contribution in [0.5, 0.6) is 0 Å². The number of allylic oxidation sites excluding steroid dienone is 1. The van der Waals surface area contributed by atoms with Crippen LogP contribution in [0.3, 0.4) is 0 Å². The molecule has 224 valence electrons. The lowest BCUT2D eigenvalue weighted by molar-refractivity contribution is -0.122. The van der Waals surface area contributed by atoms with Crippen LogP contribution in [0.4, 0.5) is 16.2 Å². The van der Waals surface area contributed by atoms with E-state index < -0.39 is 17.8 Å². The second-order valence-corrected chi connectivity index (χ2v) is 14.6. The number of halogens is 1. The molecule has 8 rings (SSSR count). The highest BCUT2D eigenvalue weighted by molar-refractivity contribution is 6.40. The fraction of sp³-hybridized carbons (Fsp3) is 0.472. The van der Waals surface area contributed by atoms with Crippen molar-refractivity contribution in [3.8, 4) is 0 Å².